The lowest BCUT2D eigenvalue weighted by Crippen LogP contribution is -2.47. The molecule has 0 aliphatic carbocycles. The number of nitrogens with one attached hydrogen (secondary N) is 1. The number of quaternary nitrogens is 1. The van der Waals surface area contributed by atoms with Crippen LogP contribution in [-0.2, 0) is 27.9 Å². The molecule has 0 heterocycles. The van der Waals surface area contributed by atoms with Crippen LogP contribution in [0.2, 0.25) is 0 Å². The average molecular weight is 1050 g/mol. The SMILES string of the molecule is CCCCC/C=C\C/C=C\CCCCCCCCCCCCCCCC(=O)NC(COP(=O)(O)OCC[N+](C)(C)C)C(/C=C\CCCCCCCCCCC)OC(=O)CCCCCCCCCCCCCCC. The molecule has 0 spiro atoms. The number of likely N-dealkylation sites (N-methyl/N-ethyl adjacent to an activating group) is 1. The topological polar surface area (TPSA) is 111 Å². The Labute approximate surface area is 453 Å². The van der Waals surface area contributed by atoms with Crippen molar-refractivity contribution in [3.63, 3.8) is 0 Å². The number of esters is 1. The highest BCUT2D eigenvalue weighted by atomic mass is 31.2. The molecule has 0 aromatic carbocycles. The molecule has 3 atom stereocenters. The number of allylic oxidation sites excluding steroid dienone is 5. The van der Waals surface area contributed by atoms with Crippen LogP contribution in [0.3, 0.4) is 0 Å². The highest BCUT2D eigenvalue weighted by Gasteiger charge is 2.30. The van der Waals surface area contributed by atoms with Crippen molar-refractivity contribution < 1.29 is 37.3 Å². The number of hydrogen-bond acceptors (Lipinski definition) is 6. The number of hydrogen-bond donors (Lipinski definition) is 2. The number of phosphoric acid groups is 1. The summed E-state index contributed by atoms with van der Waals surface area (Å²) in [6, 6.07) is -0.843. The van der Waals surface area contributed by atoms with Crippen molar-refractivity contribution in [2.45, 2.75) is 315 Å². The predicted octanol–water partition coefficient (Wildman–Crippen LogP) is 19.1. The first-order valence-electron chi connectivity index (χ1n) is 31.3. The number of carbonyl (C=O) groups is 2. The molecule has 10 heteroatoms. The first-order valence-corrected chi connectivity index (χ1v) is 32.8. The Kier molecular flexibility index (Phi) is 52.3. The third-order valence-electron chi connectivity index (χ3n) is 14.1. The maximum atomic E-state index is 13.5. The quantitative estimate of drug-likeness (QED) is 0.0205. The molecule has 0 bridgehead atoms. The van der Waals surface area contributed by atoms with Gasteiger partial charge in [0, 0.05) is 12.8 Å². The van der Waals surface area contributed by atoms with Gasteiger partial charge in [-0.1, -0.05) is 263 Å². The molecule has 1 amide bonds. The second-order valence-electron chi connectivity index (χ2n) is 22.6. The molecule has 0 aromatic heterocycles. The van der Waals surface area contributed by atoms with Gasteiger partial charge in [-0.15, -0.1) is 0 Å². The zero-order valence-electron chi connectivity index (χ0n) is 49.1. The Balaban J connectivity index is 5.09. The van der Waals surface area contributed by atoms with Crippen LogP contribution in [0.25, 0.3) is 0 Å². The number of nitrogens with zero attached hydrogens (tertiary/aromatic N) is 1. The minimum absolute atomic E-state index is 0.0427. The van der Waals surface area contributed by atoms with Crippen LogP contribution in [0.5, 0.6) is 0 Å². The van der Waals surface area contributed by atoms with Gasteiger partial charge in [0.1, 0.15) is 19.3 Å². The summed E-state index contributed by atoms with van der Waals surface area (Å²) in [5.41, 5.74) is 0. The summed E-state index contributed by atoms with van der Waals surface area (Å²) in [5.74, 6) is -0.493. The van der Waals surface area contributed by atoms with Crippen molar-refractivity contribution in [1.29, 1.82) is 0 Å². The summed E-state index contributed by atoms with van der Waals surface area (Å²) in [6.45, 7) is 7.01. The van der Waals surface area contributed by atoms with E-state index in [0.717, 1.165) is 64.2 Å². The van der Waals surface area contributed by atoms with Gasteiger partial charge in [-0.25, -0.2) is 4.57 Å². The predicted molar refractivity (Wildman–Crippen MR) is 314 cm³/mol. The Morgan fingerprint density at radius 2 is 0.836 bits per heavy atom. The maximum absolute atomic E-state index is 13.5. The van der Waals surface area contributed by atoms with Crippen LogP contribution in [0.4, 0.5) is 0 Å². The maximum Gasteiger partial charge on any atom is 0.472 e. The van der Waals surface area contributed by atoms with E-state index in [2.05, 4.69) is 50.4 Å². The summed E-state index contributed by atoms with van der Waals surface area (Å²) in [4.78, 5) is 37.6. The number of rotatable bonds is 57. The summed E-state index contributed by atoms with van der Waals surface area (Å²) in [6.07, 6.45) is 64.3. The van der Waals surface area contributed by atoms with Gasteiger partial charge in [0.2, 0.25) is 5.91 Å². The number of phosphoric ester groups is 1. The Morgan fingerprint density at radius 3 is 1.26 bits per heavy atom. The van der Waals surface area contributed by atoms with Gasteiger partial charge in [-0.3, -0.25) is 18.6 Å². The Bertz CT molecular complexity index is 1350. The van der Waals surface area contributed by atoms with Crippen molar-refractivity contribution in [2.75, 3.05) is 40.9 Å². The lowest BCUT2D eigenvalue weighted by molar-refractivity contribution is -0.870. The van der Waals surface area contributed by atoms with Crippen LogP contribution in [-0.4, -0.2) is 74.3 Å². The van der Waals surface area contributed by atoms with E-state index in [0.29, 0.717) is 23.9 Å². The molecule has 2 N–H and O–H groups in total. The molecule has 0 radical (unpaired) electrons. The van der Waals surface area contributed by atoms with Gasteiger partial charge in [0.15, 0.2) is 0 Å². The number of unbranched alkanes of at least 4 members (excludes halogenated alkanes) is 37. The first kappa shape index (κ1) is 71.2. The molecule has 430 valence electrons. The van der Waals surface area contributed by atoms with E-state index in [4.69, 9.17) is 13.8 Å². The van der Waals surface area contributed by atoms with Gasteiger partial charge in [0.05, 0.1) is 33.8 Å². The molecule has 0 fully saturated rings. The lowest BCUT2D eigenvalue weighted by atomic mass is 10.0. The van der Waals surface area contributed by atoms with E-state index in [1.165, 1.54) is 205 Å². The minimum atomic E-state index is -4.44. The number of amides is 1. The molecule has 73 heavy (non-hydrogen) atoms. The average Bonchev–Trinajstić information content (AvgIpc) is 3.35. The van der Waals surface area contributed by atoms with E-state index in [9.17, 15) is 19.0 Å². The van der Waals surface area contributed by atoms with Crippen LogP contribution < -0.4 is 5.32 Å². The summed E-state index contributed by atoms with van der Waals surface area (Å²) < 4.78 is 30.7. The van der Waals surface area contributed by atoms with E-state index in [1.54, 1.807) is 0 Å². The fraction of sp³-hybridized carbons (Fsp3) is 0.873. The van der Waals surface area contributed by atoms with Crippen molar-refractivity contribution in [2.24, 2.45) is 0 Å². The molecule has 0 aromatic rings. The van der Waals surface area contributed by atoms with Crippen LogP contribution in [0, 0.1) is 0 Å². The fourth-order valence-corrected chi connectivity index (χ4v) is 9.94. The molecular formula is C63H122N2O7P+. The fourth-order valence-electron chi connectivity index (χ4n) is 9.21. The minimum Gasteiger partial charge on any atom is -0.456 e. The highest BCUT2D eigenvalue weighted by Crippen LogP contribution is 2.43. The van der Waals surface area contributed by atoms with Gasteiger partial charge < -0.3 is 19.4 Å². The van der Waals surface area contributed by atoms with Gasteiger partial charge in [-0.2, -0.15) is 0 Å². The Morgan fingerprint density at radius 1 is 0.479 bits per heavy atom. The molecule has 0 saturated carbocycles. The number of ether oxygens (including phenoxy) is 1. The third-order valence-corrected chi connectivity index (χ3v) is 15.1. The van der Waals surface area contributed by atoms with Gasteiger partial charge in [-0.05, 0) is 63.9 Å². The molecule has 0 aliphatic rings. The van der Waals surface area contributed by atoms with Crippen LogP contribution in [0.15, 0.2) is 36.5 Å². The summed E-state index contributed by atoms with van der Waals surface area (Å²) in [5, 5.41) is 3.06. The van der Waals surface area contributed by atoms with E-state index < -0.39 is 20.0 Å². The normalized spacial score (nSPS) is 13.9. The zero-order chi connectivity index (χ0) is 53.6. The highest BCUT2D eigenvalue weighted by molar-refractivity contribution is 7.47. The van der Waals surface area contributed by atoms with E-state index >= 15 is 0 Å². The smallest absolute Gasteiger partial charge is 0.456 e. The largest absolute Gasteiger partial charge is 0.472 e. The standard InChI is InChI=1S/C63H121N2O7P/c1-7-10-13-16-19-22-25-27-28-29-30-31-32-33-34-35-36-38-40-43-46-49-52-55-62(66)64-60(59-71-73(68,69)70-58-57-65(4,5)6)61(54-51-48-45-42-39-24-21-18-15-12-9-3)72-63(67)56-53-50-47-44-41-37-26-23-20-17-14-11-8-2/h19,22,27-28,51,54,60-61H,7-18,20-21,23-26,29-50,52-53,55-59H2,1-6H3,(H-,64,66,68,69)/p+1/b22-19-,28-27-,54-51-. The summed E-state index contributed by atoms with van der Waals surface area (Å²) in [7, 11) is 1.51. The molecule has 0 saturated heterocycles. The van der Waals surface area contributed by atoms with Crippen LogP contribution >= 0.6 is 7.82 Å². The van der Waals surface area contributed by atoms with Gasteiger partial charge in [0.25, 0.3) is 0 Å². The van der Waals surface area contributed by atoms with Crippen molar-refractivity contribution in [1.82, 2.24) is 5.32 Å². The van der Waals surface area contributed by atoms with E-state index in [1.807, 2.05) is 33.3 Å². The molecule has 0 rings (SSSR count). The van der Waals surface area contributed by atoms with Crippen LogP contribution in [0.1, 0.15) is 303 Å². The zero-order valence-corrected chi connectivity index (χ0v) is 50.0. The molecular weight excluding hydrogens is 928 g/mol. The first-order chi connectivity index (χ1) is 35.4. The van der Waals surface area contributed by atoms with Crippen molar-refractivity contribution in [3.8, 4) is 0 Å². The monoisotopic (exact) mass is 1050 g/mol. The van der Waals surface area contributed by atoms with Gasteiger partial charge >= 0.3 is 13.8 Å². The lowest BCUT2D eigenvalue weighted by Gasteiger charge is -2.27. The summed E-state index contributed by atoms with van der Waals surface area (Å²) >= 11 is 0. The molecule has 9 nitrogen and oxygen atoms in total. The number of carbonyl (C=O) groups excluding carboxylic acids is 2. The second kappa shape index (κ2) is 53.6. The van der Waals surface area contributed by atoms with E-state index in [-0.39, 0.29) is 25.1 Å². The third kappa shape index (κ3) is 54.8. The Hall–Kier alpha value is -1.77. The molecule has 0 aliphatic heterocycles. The molecule has 3 unspecified atom stereocenters. The van der Waals surface area contributed by atoms with Crippen molar-refractivity contribution in [3.05, 3.63) is 36.5 Å². The second-order valence-corrected chi connectivity index (χ2v) is 24.0. The van der Waals surface area contributed by atoms with Crippen molar-refractivity contribution >= 4 is 19.7 Å².